The van der Waals surface area contributed by atoms with E-state index in [1.165, 1.54) is 11.1 Å². The van der Waals surface area contributed by atoms with Crippen molar-refractivity contribution < 1.29 is 18.0 Å². The number of rotatable bonds is 5. The maximum Gasteiger partial charge on any atom is 0.434 e. The van der Waals surface area contributed by atoms with Gasteiger partial charge in [-0.25, -0.2) is 4.98 Å². The molecule has 2 aromatic rings. The Morgan fingerprint density at radius 2 is 1.96 bits per heavy atom. The van der Waals surface area contributed by atoms with Crippen LogP contribution in [0.15, 0.2) is 29.6 Å². The van der Waals surface area contributed by atoms with E-state index in [9.17, 15) is 18.0 Å². The van der Waals surface area contributed by atoms with E-state index in [0.717, 1.165) is 16.7 Å². The molecule has 1 unspecified atom stereocenters. The Kier molecular flexibility index (Phi) is 5.10. The normalized spacial score (nSPS) is 15.8. The van der Waals surface area contributed by atoms with Crippen molar-refractivity contribution in [1.29, 1.82) is 0 Å². The van der Waals surface area contributed by atoms with E-state index in [4.69, 9.17) is 0 Å². The lowest BCUT2D eigenvalue weighted by molar-refractivity contribution is -0.140. The van der Waals surface area contributed by atoms with Gasteiger partial charge in [-0.05, 0) is 17.5 Å². The van der Waals surface area contributed by atoms with E-state index in [2.05, 4.69) is 10.3 Å². The van der Waals surface area contributed by atoms with Gasteiger partial charge in [-0.2, -0.15) is 13.2 Å². The van der Waals surface area contributed by atoms with Gasteiger partial charge in [-0.1, -0.05) is 31.2 Å². The largest absolute Gasteiger partial charge is 0.434 e. The molecule has 3 rings (SSSR count). The number of thiazole rings is 1. The summed E-state index contributed by atoms with van der Waals surface area (Å²) in [5, 5.41) is 4.07. The Hall–Kier alpha value is -1.93. The van der Waals surface area contributed by atoms with Crippen LogP contribution in [0.3, 0.4) is 0 Å². The van der Waals surface area contributed by atoms with Gasteiger partial charge in [0.15, 0.2) is 5.69 Å². The first-order valence-corrected chi connectivity index (χ1v) is 8.86. The predicted octanol–water partition coefficient (Wildman–Crippen LogP) is 3.75. The summed E-state index contributed by atoms with van der Waals surface area (Å²) >= 11 is 0.924. The summed E-state index contributed by atoms with van der Waals surface area (Å²) in [6.07, 6.45) is -3.98. The van der Waals surface area contributed by atoms with Gasteiger partial charge in [0.05, 0.1) is 12.6 Å². The molecule has 0 fully saturated rings. The van der Waals surface area contributed by atoms with Crippen molar-refractivity contribution in [2.24, 2.45) is 0 Å². The van der Waals surface area contributed by atoms with E-state index in [-0.39, 0.29) is 17.5 Å². The number of nitrogens with one attached hydrogen (secondary N) is 1. The van der Waals surface area contributed by atoms with E-state index in [1.54, 1.807) is 0 Å². The van der Waals surface area contributed by atoms with Crippen LogP contribution in [0.1, 0.15) is 41.2 Å². The molecule has 1 N–H and O–H groups in total. The number of halogens is 3. The fourth-order valence-corrected chi connectivity index (χ4v) is 3.83. The summed E-state index contributed by atoms with van der Waals surface area (Å²) in [4.78, 5) is 17.9. The molecule has 0 spiro atoms. The topological polar surface area (TPSA) is 45.2 Å². The minimum atomic E-state index is -4.46. The van der Waals surface area contributed by atoms with Gasteiger partial charge in [0.1, 0.15) is 5.01 Å². The Morgan fingerprint density at radius 1 is 1.32 bits per heavy atom. The van der Waals surface area contributed by atoms with Crippen LogP contribution in [-0.2, 0) is 24.1 Å². The summed E-state index contributed by atoms with van der Waals surface area (Å²) in [6.45, 7) is 3.43. The number of nitrogens with zero attached hydrogens (tertiary/aromatic N) is 2. The molecule has 1 aromatic carbocycles. The Balaban J connectivity index is 1.59. The molecule has 134 valence electrons. The van der Waals surface area contributed by atoms with Gasteiger partial charge < -0.3 is 5.32 Å². The molecule has 2 heterocycles. The first-order chi connectivity index (χ1) is 11.9. The van der Waals surface area contributed by atoms with Crippen LogP contribution >= 0.6 is 11.3 Å². The number of carbonyl (C=O) groups is 1. The van der Waals surface area contributed by atoms with Crippen LogP contribution in [-0.4, -0.2) is 22.3 Å². The SMILES string of the molecule is CCC(NC(=O)CN1Cc2ccccc2C1)c1nc(C(F)(F)F)cs1. The number of alkyl halides is 3. The standard InChI is InChI=1S/C17H18F3N3OS/c1-2-13(16-22-14(10-25-16)17(18,19)20)21-15(24)9-23-7-11-5-3-4-6-12(11)8-23/h3-6,10,13H,2,7-9H2,1H3,(H,21,24). The maximum atomic E-state index is 12.7. The van der Waals surface area contributed by atoms with Crippen LogP contribution in [0.5, 0.6) is 0 Å². The second-order valence-corrected chi connectivity index (χ2v) is 6.90. The first kappa shape index (κ1) is 17.9. The highest BCUT2D eigenvalue weighted by Gasteiger charge is 2.34. The number of hydrogen-bond donors (Lipinski definition) is 1. The Bertz CT molecular complexity index is 735. The summed E-state index contributed by atoms with van der Waals surface area (Å²) in [5.41, 5.74) is 1.50. The fraction of sp³-hybridized carbons (Fsp3) is 0.412. The molecule has 4 nitrogen and oxygen atoms in total. The van der Waals surface area contributed by atoms with Gasteiger partial charge in [-0.15, -0.1) is 11.3 Å². The predicted molar refractivity (Wildman–Crippen MR) is 88.8 cm³/mol. The molecule has 1 aliphatic heterocycles. The van der Waals surface area contributed by atoms with Crippen LogP contribution in [0.25, 0.3) is 0 Å². The number of amides is 1. The average molecular weight is 369 g/mol. The molecule has 1 atom stereocenters. The molecular weight excluding hydrogens is 351 g/mol. The Labute approximate surface area is 147 Å². The maximum absolute atomic E-state index is 12.7. The van der Waals surface area contributed by atoms with E-state index < -0.39 is 17.9 Å². The monoisotopic (exact) mass is 369 g/mol. The highest BCUT2D eigenvalue weighted by Crippen LogP contribution is 2.32. The second kappa shape index (κ2) is 7.13. The van der Waals surface area contributed by atoms with Crippen molar-refractivity contribution in [3.05, 3.63) is 51.5 Å². The third-order valence-corrected chi connectivity index (χ3v) is 5.09. The van der Waals surface area contributed by atoms with Crippen molar-refractivity contribution in [3.63, 3.8) is 0 Å². The summed E-state index contributed by atoms with van der Waals surface area (Å²) < 4.78 is 38.0. The third-order valence-electron chi connectivity index (χ3n) is 4.13. The first-order valence-electron chi connectivity index (χ1n) is 7.98. The van der Waals surface area contributed by atoms with Gasteiger partial charge in [0.25, 0.3) is 0 Å². The summed E-state index contributed by atoms with van der Waals surface area (Å²) in [6, 6.07) is 7.51. The zero-order valence-corrected chi connectivity index (χ0v) is 14.5. The lowest BCUT2D eigenvalue weighted by Crippen LogP contribution is -2.36. The molecule has 0 aliphatic carbocycles. The number of fused-ring (bicyclic) bond motifs is 1. The molecular formula is C17H18F3N3OS. The average Bonchev–Trinajstić information content (AvgIpc) is 3.18. The number of benzene rings is 1. The van der Waals surface area contributed by atoms with E-state index in [1.807, 2.05) is 36.1 Å². The number of carbonyl (C=O) groups excluding carboxylic acids is 1. The molecule has 8 heteroatoms. The summed E-state index contributed by atoms with van der Waals surface area (Å²) in [5.74, 6) is -0.205. The third kappa shape index (κ3) is 4.19. The van der Waals surface area contributed by atoms with Crippen LogP contribution < -0.4 is 5.32 Å². The van der Waals surface area contributed by atoms with Gasteiger partial charge in [0, 0.05) is 18.5 Å². The molecule has 0 bridgehead atoms. The quantitative estimate of drug-likeness (QED) is 0.873. The van der Waals surface area contributed by atoms with Crippen LogP contribution in [0, 0.1) is 0 Å². The molecule has 0 saturated carbocycles. The zero-order chi connectivity index (χ0) is 18.0. The lowest BCUT2D eigenvalue weighted by atomic mass is 10.1. The van der Waals surface area contributed by atoms with Crippen molar-refractivity contribution >= 4 is 17.2 Å². The molecule has 25 heavy (non-hydrogen) atoms. The van der Waals surface area contributed by atoms with Gasteiger partial charge in [-0.3, -0.25) is 9.69 Å². The minimum Gasteiger partial charge on any atom is -0.346 e. The van der Waals surface area contributed by atoms with Crippen molar-refractivity contribution in [2.45, 2.75) is 38.7 Å². The van der Waals surface area contributed by atoms with Gasteiger partial charge in [0.2, 0.25) is 5.91 Å². The van der Waals surface area contributed by atoms with Crippen molar-refractivity contribution in [2.75, 3.05) is 6.54 Å². The van der Waals surface area contributed by atoms with Gasteiger partial charge >= 0.3 is 6.18 Å². The Morgan fingerprint density at radius 3 is 2.48 bits per heavy atom. The smallest absolute Gasteiger partial charge is 0.346 e. The molecule has 1 aromatic heterocycles. The highest BCUT2D eigenvalue weighted by molar-refractivity contribution is 7.09. The molecule has 1 amide bonds. The molecule has 1 aliphatic rings. The van der Waals surface area contributed by atoms with Crippen molar-refractivity contribution in [3.8, 4) is 0 Å². The molecule has 0 saturated heterocycles. The minimum absolute atomic E-state index is 0.205. The van der Waals surface area contributed by atoms with E-state index in [0.29, 0.717) is 19.5 Å². The van der Waals surface area contributed by atoms with Crippen molar-refractivity contribution in [1.82, 2.24) is 15.2 Å². The van der Waals surface area contributed by atoms with Crippen LogP contribution in [0.4, 0.5) is 13.2 Å². The highest BCUT2D eigenvalue weighted by atomic mass is 32.1. The summed E-state index contributed by atoms with van der Waals surface area (Å²) in [7, 11) is 0. The second-order valence-electron chi connectivity index (χ2n) is 6.01. The van der Waals surface area contributed by atoms with Crippen LogP contribution in [0.2, 0.25) is 0 Å². The fourth-order valence-electron chi connectivity index (χ4n) is 2.87. The number of aromatic nitrogens is 1. The zero-order valence-electron chi connectivity index (χ0n) is 13.6. The van der Waals surface area contributed by atoms with E-state index >= 15 is 0 Å². The molecule has 0 radical (unpaired) electrons. The lowest BCUT2D eigenvalue weighted by Gasteiger charge is -2.18. The number of hydrogen-bond acceptors (Lipinski definition) is 4.